The number of fused-ring (bicyclic) bond motifs is 7. The molecule has 38 heavy (non-hydrogen) atoms. The summed E-state index contributed by atoms with van der Waals surface area (Å²) in [7, 11) is 0. The lowest BCUT2D eigenvalue weighted by Crippen LogP contribution is -2.50. The van der Waals surface area contributed by atoms with Crippen LogP contribution in [0.1, 0.15) is 77.7 Å². The first-order chi connectivity index (χ1) is 18.4. The third-order valence-electron chi connectivity index (χ3n) is 12.2. The van der Waals surface area contributed by atoms with Crippen LogP contribution in [0.15, 0.2) is 72.3 Å². The molecule has 0 bridgehead atoms. The molecule has 1 nitrogen and oxygen atoms in total. The highest BCUT2D eigenvalue weighted by Crippen LogP contribution is 2.67. The Morgan fingerprint density at radius 1 is 0.868 bits per heavy atom. The molecule has 3 aromatic carbocycles. The van der Waals surface area contributed by atoms with E-state index >= 15 is 0 Å². The number of hydrogen-bond acceptors (Lipinski definition) is 1. The maximum atomic E-state index is 10.3. The van der Waals surface area contributed by atoms with Crippen LogP contribution in [0.2, 0.25) is 0 Å². The van der Waals surface area contributed by atoms with Crippen molar-refractivity contribution in [3.05, 3.63) is 77.9 Å². The highest BCUT2D eigenvalue weighted by atomic mass is 16.3. The quantitative estimate of drug-likeness (QED) is 0.278. The number of rotatable bonds is 3. The van der Waals surface area contributed by atoms with Crippen molar-refractivity contribution in [1.29, 1.82) is 0 Å². The fourth-order valence-electron chi connectivity index (χ4n) is 10.2. The molecular weight excluding hydrogens is 460 g/mol. The van der Waals surface area contributed by atoms with Gasteiger partial charge in [-0.25, -0.2) is 0 Å². The van der Waals surface area contributed by atoms with E-state index in [4.69, 9.17) is 0 Å². The maximum absolute atomic E-state index is 10.3. The molecule has 0 aromatic heterocycles. The molecule has 0 saturated heterocycles. The molecule has 7 rings (SSSR count). The van der Waals surface area contributed by atoms with Crippen molar-refractivity contribution < 1.29 is 5.11 Å². The summed E-state index contributed by atoms with van der Waals surface area (Å²) < 4.78 is 0. The van der Waals surface area contributed by atoms with Gasteiger partial charge in [-0.1, -0.05) is 93.1 Å². The van der Waals surface area contributed by atoms with Crippen LogP contribution < -0.4 is 0 Å². The van der Waals surface area contributed by atoms with Crippen molar-refractivity contribution in [1.82, 2.24) is 0 Å². The molecule has 4 aliphatic rings. The Hall–Kier alpha value is -2.38. The van der Waals surface area contributed by atoms with E-state index in [2.05, 4.69) is 93.6 Å². The van der Waals surface area contributed by atoms with Gasteiger partial charge in [0, 0.05) is 0 Å². The van der Waals surface area contributed by atoms with Crippen LogP contribution in [0.3, 0.4) is 0 Å². The number of aliphatic hydroxyl groups excluding tert-OH is 1. The van der Waals surface area contributed by atoms with E-state index in [0.29, 0.717) is 16.7 Å². The van der Waals surface area contributed by atoms with Crippen LogP contribution in [0, 0.1) is 40.4 Å². The van der Waals surface area contributed by atoms with Crippen molar-refractivity contribution in [2.75, 3.05) is 0 Å². The van der Waals surface area contributed by atoms with Gasteiger partial charge in [-0.3, -0.25) is 0 Å². The molecule has 0 radical (unpaired) electrons. The van der Waals surface area contributed by atoms with Crippen LogP contribution in [0.5, 0.6) is 0 Å². The van der Waals surface area contributed by atoms with Gasteiger partial charge in [-0.05, 0) is 125 Å². The van der Waals surface area contributed by atoms with Crippen molar-refractivity contribution in [2.45, 2.75) is 78.2 Å². The normalized spacial score (nSPS) is 37.6. The molecule has 1 N–H and O–H groups in total. The minimum Gasteiger partial charge on any atom is -0.393 e. The fraction of sp³-hybridized carbons (Fsp3) is 0.514. The summed E-state index contributed by atoms with van der Waals surface area (Å²) in [5.74, 6) is 3.84. The molecule has 0 unspecified atom stereocenters. The minimum atomic E-state index is -0.109. The first-order valence-corrected chi connectivity index (χ1v) is 15.3. The van der Waals surface area contributed by atoms with E-state index in [-0.39, 0.29) is 6.10 Å². The lowest BCUT2D eigenvalue weighted by Gasteiger charge is -2.58. The van der Waals surface area contributed by atoms with Gasteiger partial charge in [-0.2, -0.15) is 0 Å². The second-order valence-corrected chi connectivity index (χ2v) is 13.8. The van der Waals surface area contributed by atoms with E-state index < -0.39 is 0 Å². The zero-order chi connectivity index (χ0) is 26.1. The third kappa shape index (κ3) is 3.68. The van der Waals surface area contributed by atoms with Gasteiger partial charge in [0.1, 0.15) is 0 Å². The molecular formula is C37H44O. The fourth-order valence-corrected chi connectivity index (χ4v) is 10.2. The van der Waals surface area contributed by atoms with Crippen LogP contribution in [-0.4, -0.2) is 11.2 Å². The molecule has 4 aliphatic carbocycles. The van der Waals surface area contributed by atoms with Gasteiger partial charge >= 0.3 is 0 Å². The Morgan fingerprint density at radius 2 is 1.58 bits per heavy atom. The Bertz CT molecular complexity index is 1380. The topological polar surface area (TPSA) is 20.2 Å². The van der Waals surface area contributed by atoms with Gasteiger partial charge in [0.25, 0.3) is 0 Å². The zero-order valence-corrected chi connectivity index (χ0v) is 23.5. The van der Waals surface area contributed by atoms with Gasteiger partial charge in [0.2, 0.25) is 0 Å². The van der Waals surface area contributed by atoms with E-state index in [1.54, 1.807) is 5.57 Å². The summed E-state index contributed by atoms with van der Waals surface area (Å²) >= 11 is 0. The summed E-state index contributed by atoms with van der Waals surface area (Å²) in [6.07, 6.45) is 17.4. The maximum Gasteiger partial charge on any atom is 0.0577 e. The Morgan fingerprint density at radius 3 is 2.32 bits per heavy atom. The lowest BCUT2D eigenvalue weighted by molar-refractivity contribution is -0.0540. The molecule has 0 spiro atoms. The molecule has 3 saturated carbocycles. The first-order valence-electron chi connectivity index (χ1n) is 15.3. The van der Waals surface area contributed by atoms with E-state index in [0.717, 1.165) is 36.5 Å². The van der Waals surface area contributed by atoms with Crippen LogP contribution in [0.25, 0.3) is 27.6 Å². The van der Waals surface area contributed by atoms with Crippen molar-refractivity contribution >= 4 is 27.6 Å². The molecule has 0 amide bonds. The summed E-state index contributed by atoms with van der Waals surface area (Å²) in [4.78, 5) is 0. The molecule has 8 atom stereocenters. The summed E-state index contributed by atoms with van der Waals surface area (Å²) in [5, 5.41) is 15.7. The number of benzene rings is 3. The zero-order valence-electron chi connectivity index (χ0n) is 23.5. The molecule has 198 valence electrons. The second-order valence-electron chi connectivity index (χ2n) is 13.8. The minimum absolute atomic E-state index is 0.109. The van der Waals surface area contributed by atoms with Gasteiger partial charge < -0.3 is 5.11 Å². The summed E-state index contributed by atoms with van der Waals surface area (Å²) in [6.45, 7) is 7.71. The predicted octanol–water partition coefficient (Wildman–Crippen LogP) is 9.58. The van der Waals surface area contributed by atoms with E-state index in [1.165, 1.54) is 65.6 Å². The number of allylic oxidation sites excluding steroid dienone is 2. The van der Waals surface area contributed by atoms with Gasteiger partial charge in [-0.15, -0.1) is 0 Å². The molecule has 3 aromatic rings. The molecule has 0 aliphatic heterocycles. The van der Waals surface area contributed by atoms with Crippen LogP contribution >= 0.6 is 0 Å². The van der Waals surface area contributed by atoms with Crippen LogP contribution in [0.4, 0.5) is 0 Å². The Balaban J connectivity index is 1.18. The second kappa shape index (κ2) is 9.09. The van der Waals surface area contributed by atoms with Crippen molar-refractivity contribution in [3.8, 4) is 0 Å². The molecule has 3 fully saturated rings. The Kier molecular flexibility index (Phi) is 5.89. The van der Waals surface area contributed by atoms with Crippen molar-refractivity contribution in [3.63, 3.8) is 0 Å². The summed E-state index contributed by atoms with van der Waals surface area (Å²) in [5.41, 5.74) is 3.75. The SMILES string of the molecule is C[C@@H](/C=C/c1c2ccccc2cc2ccccc12)[C@H]1CC[C@H]2[C@@H]3CC=C4C[C@@H](O)CC[C@]4(C)[C@H]3CC[C@]12C. The lowest BCUT2D eigenvalue weighted by atomic mass is 9.47. The average molecular weight is 505 g/mol. The third-order valence-corrected chi connectivity index (χ3v) is 12.2. The first kappa shape index (κ1) is 24.6. The van der Waals surface area contributed by atoms with Gasteiger partial charge in [0.15, 0.2) is 0 Å². The molecule has 0 heterocycles. The largest absolute Gasteiger partial charge is 0.393 e. The van der Waals surface area contributed by atoms with E-state index in [9.17, 15) is 5.11 Å². The standard InChI is InChI=1S/C37H44O/c1-24(12-14-31-29-10-6-4-8-25(29)22-26-9-5-7-11-30(26)31)33-16-17-34-32-15-13-27-23-28(38)18-20-36(27,2)35(32)19-21-37(33,34)3/h4-14,22,24,28,32-35,38H,15-21,23H2,1-3H3/b14-12+/t24-,28-,32-,33+,34-,35-,36-,37+/m0/s1. The number of aliphatic hydroxyl groups is 1. The predicted molar refractivity (Wildman–Crippen MR) is 161 cm³/mol. The smallest absolute Gasteiger partial charge is 0.0577 e. The van der Waals surface area contributed by atoms with E-state index in [1.807, 2.05) is 0 Å². The van der Waals surface area contributed by atoms with Crippen molar-refractivity contribution in [2.24, 2.45) is 40.4 Å². The average Bonchev–Trinajstić information content (AvgIpc) is 3.28. The summed E-state index contributed by atoms with van der Waals surface area (Å²) in [6, 6.07) is 20.1. The highest BCUT2D eigenvalue weighted by Gasteiger charge is 2.58. The van der Waals surface area contributed by atoms with Crippen LogP contribution in [-0.2, 0) is 0 Å². The highest BCUT2D eigenvalue weighted by molar-refractivity contribution is 6.06. The number of hydrogen-bond donors (Lipinski definition) is 1. The monoisotopic (exact) mass is 504 g/mol. The molecule has 1 heteroatoms. The van der Waals surface area contributed by atoms with Gasteiger partial charge in [0.05, 0.1) is 6.10 Å². The Labute approximate surface area is 229 Å².